The quantitative estimate of drug-likeness (QED) is 0.603. The summed E-state index contributed by atoms with van der Waals surface area (Å²) >= 11 is 0. The number of carbonyl (C=O) groups is 2. The molecule has 0 rings (SSSR count). The zero-order chi connectivity index (χ0) is 10.3. The third-order valence-corrected chi connectivity index (χ3v) is 1.63. The Bertz CT molecular complexity index is 178. The van der Waals surface area contributed by atoms with Crippen molar-refractivity contribution in [2.24, 2.45) is 5.92 Å². The average molecular weight is 206 g/mol. The number of carbonyl (C=O) groups excluding carboxylic acids is 2. The average Bonchev–Trinajstić information content (AvgIpc) is 2.03. The summed E-state index contributed by atoms with van der Waals surface area (Å²) in [5, 5.41) is 8.65. The Hall–Kier alpha value is -0.940. The zero-order valence-corrected chi connectivity index (χ0v) is 8.58. The molecule has 5 nitrogen and oxygen atoms in total. The Morgan fingerprint density at radius 3 is 2.36 bits per heavy atom. The van der Waals surface area contributed by atoms with Gasteiger partial charge in [0.2, 0.25) is 0 Å². The van der Waals surface area contributed by atoms with Crippen molar-refractivity contribution in [2.45, 2.75) is 26.7 Å². The van der Waals surface area contributed by atoms with Gasteiger partial charge in [0.1, 0.15) is 5.78 Å². The minimum absolute atomic E-state index is 0. The van der Waals surface area contributed by atoms with Gasteiger partial charge in [-0.3, -0.25) is 4.79 Å². The summed E-state index contributed by atoms with van der Waals surface area (Å²) in [6.07, 6.45) is 0.442. The molecule has 0 aliphatic carbocycles. The van der Waals surface area contributed by atoms with Crippen molar-refractivity contribution in [2.75, 3.05) is 13.2 Å². The molecule has 0 aromatic carbocycles. The van der Waals surface area contributed by atoms with Crippen LogP contribution in [-0.4, -0.2) is 35.5 Å². The second-order valence-electron chi connectivity index (χ2n) is 2.87. The van der Waals surface area contributed by atoms with Crippen molar-refractivity contribution in [3.63, 3.8) is 0 Å². The fraction of sp³-hybridized carbons (Fsp3) is 0.778. The van der Waals surface area contributed by atoms with Crippen LogP contribution in [0.2, 0.25) is 0 Å². The molecule has 0 heterocycles. The minimum Gasteiger partial charge on any atom is -0.466 e. The molecule has 0 aliphatic rings. The molecule has 0 aromatic heterocycles. The van der Waals surface area contributed by atoms with Crippen LogP contribution >= 0.6 is 0 Å². The topological polar surface area (TPSA) is 95.1 Å². The highest BCUT2D eigenvalue weighted by atomic mass is 16.5. The van der Waals surface area contributed by atoms with Gasteiger partial charge in [-0.1, -0.05) is 0 Å². The predicted octanol–water partition coefficient (Wildman–Crippen LogP) is -0.297. The maximum absolute atomic E-state index is 11.2. The lowest BCUT2D eigenvalue weighted by atomic mass is 10.00. The summed E-state index contributed by atoms with van der Waals surface area (Å²) in [6, 6.07) is 0. The SMILES string of the molecule is CCOC(=O)C(CCO)CC(C)=O.O. The number of ketones is 1. The Labute approximate surface area is 83.4 Å². The number of hydrogen-bond donors (Lipinski definition) is 1. The molecule has 1 unspecified atom stereocenters. The molecule has 0 amide bonds. The Balaban J connectivity index is 0. The Morgan fingerprint density at radius 1 is 1.43 bits per heavy atom. The van der Waals surface area contributed by atoms with Crippen molar-refractivity contribution in [3.8, 4) is 0 Å². The molecule has 84 valence electrons. The fourth-order valence-electron chi connectivity index (χ4n) is 1.07. The second-order valence-corrected chi connectivity index (χ2v) is 2.87. The molecule has 0 fully saturated rings. The van der Waals surface area contributed by atoms with Crippen molar-refractivity contribution >= 4 is 11.8 Å². The molecular formula is C9H18O5. The van der Waals surface area contributed by atoms with Crippen LogP contribution in [0.3, 0.4) is 0 Å². The molecule has 0 radical (unpaired) electrons. The lowest BCUT2D eigenvalue weighted by molar-refractivity contribution is -0.150. The van der Waals surface area contributed by atoms with E-state index in [4.69, 9.17) is 9.84 Å². The predicted molar refractivity (Wildman–Crippen MR) is 50.7 cm³/mol. The van der Waals surface area contributed by atoms with Gasteiger partial charge in [0.05, 0.1) is 12.5 Å². The summed E-state index contributed by atoms with van der Waals surface area (Å²) in [7, 11) is 0. The molecule has 3 N–H and O–H groups in total. The van der Waals surface area contributed by atoms with Gasteiger partial charge in [-0.15, -0.1) is 0 Å². The van der Waals surface area contributed by atoms with Gasteiger partial charge in [0.15, 0.2) is 0 Å². The summed E-state index contributed by atoms with van der Waals surface area (Å²) in [5.74, 6) is -0.944. The van der Waals surface area contributed by atoms with E-state index in [1.807, 2.05) is 0 Å². The van der Waals surface area contributed by atoms with E-state index in [1.54, 1.807) is 6.92 Å². The van der Waals surface area contributed by atoms with Crippen molar-refractivity contribution < 1.29 is 24.9 Å². The largest absolute Gasteiger partial charge is 0.466 e. The molecule has 0 aromatic rings. The maximum atomic E-state index is 11.2. The first-order valence-corrected chi connectivity index (χ1v) is 4.38. The summed E-state index contributed by atoms with van der Waals surface area (Å²) in [4.78, 5) is 21.9. The van der Waals surface area contributed by atoms with Crippen LogP contribution in [0.5, 0.6) is 0 Å². The highest BCUT2D eigenvalue weighted by Crippen LogP contribution is 2.10. The van der Waals surface area contributed by atoms with Crippen LogP contribution in [0, 0.1) is 5.92 Å². The maximum Gasteiger partial charge on any atom is 0.309 e. The van der Waals surface area contributed by atoms with Gasteiger partial charge in [-0.05, 0) is 20.3 Å². The van der Waals surface area contributed by atoms with E-state index in [1.165, 1.54) is 6.92 Å². The highest BCUT2D eigenvalue weighted by Gasteiger charge is 2.20. The standard InChI is InChI=1S/C9H16O4.H2O/c1-3-13-9(12)8(4-5-10)6-7(2)11;/h8,10H,3-6H2,1-2H3;1H2. The van der Waals surface area contributed by atoms with Gasteiger partial charge in [-0.25, -0.2) is 0 Å². The fourth-order valence-corrected chi connectivity index (χ4v) is 1.07. The van der Waals surface area contributed by atoms with E-state index >= 15 is 0 Å². The van der Waals surface area contributed by atoms with E-state index < -0.39 is 11.9 Å². The molecule has 0 spiro atoms. The van der Waals surface area contributed by atoms with Crippen molar-refractivity contribution in [1.29, 1.82) is 0 Å². The van der Waals surface area contributed by atoms with Crippen LogP contribution in [0.1, 0.15) is 26.7 Å². The number of hydrogen-bond acceptors (Lipinski definition) is 4. The molecular weight excluding hydrogens is 188 g/mol. The van der Waals surface area contributed by atoms with E-state index in [-0.39, 0.29) is 24.3 Å². The molecule has 0 saturated carbocycles. The number of Topliss-reactive ketones (excluding diaryl/α,β-unsaturated/α-hetero) is 1. The van der Waals surface area contributed by atoms with Crippen molar-refractivity contribution in [3.05, 3.63) is 0 Å². The van der Waals surface area contributed by atoms with Gasteiger partial charge >= 0.3 is 5.97 Å². The highest BCUT2D eigenvalue weighted by molar-refractivity contribution is 5.82. The molecule has 1 atom stereocenters. The summed E-state index contributed by atoms with van der Waals surface area (Å²) in [5.41, 5.74) is 0. The van der Waals surface area contributed by atoms with E-state index in [9.17, 15) is 9.59 Å². The van der Waals surface area contributed by atoms with E-state index in [2.05, 4.69) is 0 Å². The second kappa shape index (κ2) is 8.65. The molecule has 0 bridgehead atoms. The number of esters is 1. The number of aliphatic hydroxyl groups excluding tert-OH is 1. The molecule has 0 aliphatic heterocycles. The third-order valence-electron chi connectivity index (χ3n) is 1.63. The summed E-state index contributed by atoms with van der Waals surface area (Å²) < 4.78 is 4.76. The lowest BCUT2D eigenvalue weighted by Crippen LogP contribution is -2.21. The van der Waals surface area contributed by atoms with Gasteiger partial charge in [0, 0.05) is 13.0 Å². The van der Waals surface area contributed by atoms with E-state index in [0.717, 1.165) is 0 Å². The minimum atomic E-state index is -0.484. The zero-order valence-electron chi connectivity index (χ0n) is 8.58. The van der Waals surface area contributed by atoms with Crippen LogP contribution in [0.4, 0.5) is 0 Å². The number of rotatable bonds is 6. The van der Waals surface area contributed by atoms with Crippen LogP contribution in [0.25, 0.3) is 0 Å². The first-order chi connectivity index (χ1) is 6.11. The third kappa shape index (κ3) is 6.56. The normalized spacial score (nSPS) is 11.4. The van der Waals surface area contributed by atoms with Crippen molar-refractivity contribution in [1.82, 2.24) is 0 Å². The van der Waals surface area contributed by atoms with E-state index in [0.29, 0.717) is 13.0 Å². The first kappa shape index (κ1) is 15.5. The van der Waals surface area contributed by atoms with Crippen LogP contribution < -0.4 is 0 Å². The number of ether oxygens (including phenoxy) is 1. The molecule has 14 heavy (non-hydrogen) atoms. The van der Waals surface area contributed by atoms with Gasteiger partial charge in [0.25, 0.3) is 0 Å². The Morgan fingerprint density at radius 2 is 2.00 bits per heavy atom. The Kier molecular flexibility index (Phi) is 9.59. The smallest absolute Gasteiger partial charge is 0.309 e. The summed E-state index contributed by atoms with van der Waals surface area (Å²) in [6.45, 7) is 3.33. The first-order valence-electron chi connectivity index (χ1n) is 4.38. The van der Waals surface area contributed by atoms with Gasteiger partial charge < -0.3 is 20.1 Å². The van der Waals surface area contributed by atoms with Crippen LogP contribution in [-0.2, 0) is 14.3 Å². The monoisotopic (exact) mass is 206 g/mol. The number of aliphatic hydroxyl groups is 1. The van der Waals surface area contributed by atoms with Crippen LogP contribution in [0.15, 0.2) is 0 Å². The molecule has 5 heteroatoms. The molecule has 0 saturated heterocycles. The lowest BCUT2D eigenvalue weighted by Gasteiger charge is -2.11. The van der Waals surface area contributed by atoms with Gasteiger partial charge in [-0.2, -0.15) is 0 Å².